The maximum atomic E-state index is 12.2. The highest BCUT2D eigenvalue weighted by Gasteiger charge is 2.21. The van der Waals surface area contributed by atoms with Crippen LogP contribution in [0.1, 0.15) is 28.0 Å². The van der Waals surface area contributed by atoms with Crippen LogP contribution < -0.4 is 5.32 Å². The van der Waals surface area contributed by atoms with Gasteiger partial charge in [0.15, 0.2) is 6.10 Å². The van der Waals surface area contributed by atoms with Crippen molar-refractivity contribution in [3.63, 3.8) is 0 Å². The van der Waals surface area contributed by atoms with E-state index in [-0.39, 0.29) is 12.5 Å². The van der Waals surface area contributed by atoms with Gasteiger partial charge in [-0.2, -0.15) is 5.10 Å². The highest BCUT2D eigenvalue weighted by Crippen LogP contribution is 2.28. The van der Waals surface area contributed by atoms with E-state index in [9.17, 15) is 9.59 Å². The summed E-state index contributed by atoms with van der Waals surface area (Å²) in [7, 11) is 1.83. The zero-order valence-electron chi connectivity index (χ0n) is 13.5. The SMILES string of the molecule is Cc1nn(C)c2sc(C(=O)OC(C)C(=O)NCc3ccco3)cc12. The van der Waals surface area contributed by atoms with Crippen molar-refractivity contribution in [2.75, 3.05) is 0 Å². The zero-order chi connectivity index (χ0) is 17.3. The summed E-state index contributed by atoms with van der Waals surface area (Å²) >= 11 is 1.30. The van der Waals surface area contributed by atoms with Crippen LogP contribution in [0.3, 0.4) is 0 Å². The number of furan rings is 1. The van der Waals surface area contributed by atoms with Crippen molar-refractivity contribution in [1.29, 1.82) is 0 Å². The largest absolute Gasteiger partial charge is 0.467 e. The summed E-state index contributed by atoms with van der Waals surface area (Å²) in [5, 5.41) is 7.87. The summed E-state index contributed by atoms with van der Waals surface area (Å²) in [5.41, 5.74) is 0.854. The van der Waals surface area contributed by atoms with Gasteiger partial charge in [0.2, 0.25) is 0 Å². The molecule has 7 nitrogen and oxygen atoms in total. The minimum Gasteiger partial charge on any atom is -0.467 e. The standard InChI is InChI=1S/C16H17N3O4S/c1-9-12-7-13(24-15(12)19(3)18-9)16(21)23-10(2)14(20)17-8-11-5-4-6-22-11/h4-7,10H,8H2,1-3H3,(H,17,20). The second-order valence-electron chi connectivity index (χ2n) is 5.38. The molecule has 0 radical (unpaired) electrons. The molecule has 1 unspecified atom stereocenters. The first-order valence-corrected chi connectivity index (χ1v) is 8.21. The third kappa shape index (κ3) is 3.18. The number of hydrogen-bond acceptors (Lipinski definition) is 6. The third-order valence-electron chi connectivity index (χ3n) is 3.57. The smallest absolute Gasteiger partial charge is 0.349 e. The van der Waals surface area contributed by atoms with Crippen molar-refractivity contribution >= 4 is 33.4 Å². The number of rotatable bonds is 5. The summed E-state index contributed by atoms with van der Waals surface area (Å²) in [6, 6.07) is 5.24. The Bertz CT molecular complexity index is 844. The number of amides is 1. The third-order valence-corrected chi connectivity index (χ3v) is 4.75. The summed E-state index contributed by atoms with van der Waals surface area (Å²) < 4.78 is 12.1. The summed E-state index contributed by atoms with van der Waals surface area (Å²) in [5.74, 6) is -0.260. The number of fused-ring (bicyclic) bond motifs is 1. The van der Waals surface area contributed by atoms with Crippen molar-refractivity contribution in [1.82, 2.24) is 15.1 Å². The van der Waals surface area contributed by atoms with Gasteiger partial charge < -0.3 is 14.5 Å². The fourth-order valence-corrected chi connectivity index (χ4v) is 3.32. The van der Waals surface area contributed by atoms with E-state index in [0.29, 0.717) is 10.6 Å². The number of aryl methyl sites for hydroxylation is 2. The first-order valence-electron chi connectivity index (χ1n) is 7.40. The van der Waals surface area contributed by atoms with E-state index < -0.39 is 12.1 Å². The summed E-state index contributed by atoms with van der Waals surface area (Å²) in [6.45, 7) is 3.67. The predicted octanol–water partition coefficient (Wildman–Crippen LogP) is 2.40. The first kappa shape index (κ1) is 16.3. The number of esters is 1. The van der Waals surface area contributed by atoms with Crippen LogP contribution in [0.4, 0.5) is 0 Å². The normalized spacial score (nSPS) is 12.3. The Balaban J connectivity index is 1.62. The van der Waals surface area contributed by atoms with Gasteiger partial charge in [0.05, 0.1) is 18.5 Å². The average molecular weight is 347 g/mol. The molecule has 1 N–H and O–H groups in total. The van der Waals surface area contributed by atoms with Gasteiger partial charge in [-0.05, 0) is 32.0 Å². The quantitative estimate of drug-likeness (QED) is 0.716. The molecule has 1 atom stereocenters. The van der Waals surface area contributed by atoms with Crippen LogP contribution in [0.25, 0.3) is 10.2 Å². The Kier molecular flexibility index (Phi) is 4.39. The predicted molar refractivity (Wildman–Crippen MR) is 88.8 cm³/mol. The lowest BCUT2D eigenvalue weighted by molar-refractivity contribution is -0.129. The highest BCUT2D eigenvalue weighted by molar-refractivity contribution is 7.20. The van der Waals surface area contributed by atoms with Crippen LogP contribution in [0.5, 0.6) is 0 Å². The molecule has 0 aliphatic carbocycles. The lowest BCUT2D eigenvalue weighted by atomic mass is 10.3. The van der Waals surface area contributed by atoms with Gasteiger partial charge in [0, 0.05) is 12.4 Å². The Labute approximate surface area is 142 Å². The summed E-state index contributed by atoms with van der Waals surface area (Å²) in [4.78, 5) is 25.6. The van der Waals surface area contributed by atoms with E-state index in [1.54, 1.807) is 22.9 Å². The van der Waals surface area contributed by atoms with Crippen LogP contribution in [-0.4, -0.2) is 27.8 Å². The number of hydrogen-bond donors (Lipinski definition) is 1. The van der Waals surface area contributed by atoms with E-state index in [0.717, 1.165) is 15.9 Å². The molecule has 0 spiro atoms. The molecule has 0 bridgehead atoms. The van der Waals surface area contributed by atoms with Gasteiger partial charge >= 0.3 is 5.97 Å². The van der Waals surface area contributed by atoms with Gasteiger partial charge in [-0.3, -0.25) is 9.48 Å². The van der Waals surface area contributed by atoms with Crippen molar-refractivity contribution in [2.45, 2.75) is 26.5 Å². The van der Waals surface area contributed by atoms with Crippen molar-refractivity contribution in [2.24, 2.45) is 7.05 Å². The molecule has 0 saturated carbocycles. The zero-order valence-corrected chi connectivity index (χ0v) is 14.3. The molecule has 24 heavy (non-hydrogen) atoms. The minimum atomic E-state index is -0.892. The topological polar surface area (TPSA) is 86.4 Å². The van der Waals surface area contributed by atoms with Gasteiger partial charge in [-0.1, -0.05) is 0 Å². The molecular formula is C16H17N3O4S. The maximum absolute atomic E-state index is 12.2. The van der Waals surface area contributed by atoms with E-state index >= 15 is 0 Å². The minimum absolute atomic E-state index is 0.251. The van der Waals surface area contributed by atoms with Crippen LogP contribution >= 0.6 is 11.3 Å². The molecule has 0 aliphatic heterocycles. The number of carbonyl (C=O) groups excluding carboxylic acids is 2. The Morgan fingerprint density at radius 1 is 1.50 bits per heavy atom. The molecule has 1 amide bonds. The van der Waals surface area contributed by atoms with Crippen LogP contribution in [0, 0.1) is 6.92 Å². The van der Waals surface area contributed by atoms with Crippen molar-refractivity contribution in [3.8, 4) is 0 Å². The summed E-state index contributed by atoms with van der Waals surface area (Å²) in [6.07, 6.45) is 0.639. The molecule has 3 aromatic rings. The second-order valence-corrected chi connectivity index (χ2v) is 6.41. The number of thiophene rings is 1. The van der Waals surface area contributed by atoms with Crippen LogP contribution in [0.2, 0.25) is 0 Å². The van der Waals surface area contributed by atoms with Crippen molar-refractivity contribution < 1.29 is 18.7 Å². The van der Waals surface area contributed by atoms with Crippen LogP contribution in [-0.2, 0) is 23.1 Å². The number of aromatic nitrogens is 2. The molecule has 0 saturated heterocycles. The molecule has 3 heterocycles. The molecule has 0 aromatic carbocycles. The van der Waals surface area contributed by atoms with Crippen LogP contribution in [0.15, 0.2) is 28.9 Å². The molecular weight excluding hydrogens is 330 g/mol. The maximum Gasteiger partial charge on any atom is 0.349 e. The van der Waals surface area contributed by atoms with E-state index in [4.69, 9.17) is 9.15 Å². The fourth-order valence-electron chi connectivity index (χ4n) is 2.31. The molecule has 3 rings (SSSR count). The first-order chi connectivity index (χ1) is 11.5. The van der Waals surface area contributed by atoms with Gasteiger partial charge in [-0.15, -0.1) is 11.3 Å². The van der Waals surface area contributed by atoms with Gasteiger partial charge in [0.1, 0.15) is 15.5 Å². The lowest BCUT2D eigenvalue weighted by Crippen LogP contribution is -2.35. The van der Waals surface area contributed by atoms with E-state index in [1.807, 2.05) is 14.0 Å². The molecule has 0 fully saturated rings. The molecule has 0 aliphatic rings. The number of nitrogens with one attached hydrogen (secondary N) is 1. The molecule has 8 heteroatoms. The highest BCUT2D eigenvalue weighted by atomic mass is 32.1. The fraction of sp³-hybridized carbons (Fsp3) is 0.312. The Morgan fingerprint density at radius 2 is 2.29 bits per heavy atom. The van der Waals surface area contributed by atoms with Gasteiger partial charge in [-0.25, -0.2) is 4.79 Å². The monoisotopic (exact) mass is 347 g/mol. The average Bonchev–Trinajstić information content (AvgIpc) is 3.25. The van der Waals surface area contributed by atoms with E-state index in [1.165, 1.54) is 24.5 Å². The second kappa shape index (κ2) is 6.48. The Hall–Kier alpha value is -2.61. The number of ether oxygens (including phenoxy) is 1. The Morgan fingerprint density at radius 3 is 2.96 bits per heavy atom. The number of carbonyl (C=O) groups is 2. The lowest BCUT2D eigenvalue weighted by Gasteiger charge is -2.12. The van der Waals surface area contributed by atoms with E-state index in [2.05, 4.69) is 10.4 Å². The molecule has 3 aromatic heterocycles. The number of nitrogens with zero attached hydrogens (tertiary/aromatic N) is 2. The van der Waals surface area contributed by atoms with Crippen molar-refractivity contribution in [3.05, 3.63) is 40.8 Å². The van der Waals surface area contributed by atoms with Gasteiger partial charge in [0.25, 0.3) is 5.91 Å². The molecule has 126 valence electrons.